The van der Waals surface area contributed by atoms with Crippen molar-refractivity contribution in [3.63, 3.8) is 0 Å². The molecule has 3 nitrogen and oxygen atoms in total. The van der Waals surface area contributed by atoms with E-state index in [2.05, 4.69) is 84.3 Å². The molecule has 0 aliphatic carbocycles. The zero-order valence-corrected chi connectivity index (χ0v) is 34.4. The van der Waals surface area contributed by atoms with Gasteiger partial charge in [0.05, 0.1) is 5.52 Å². The summed E-state index contributed by atoms with van der Waals surface area (Å²) in [6.07, 6.45) is -0.708. The molecule has 5 aromatic carbocycles. The molecule has 0 bridgehead atoms. The molecule has 0 unspecified atom stereocenters. The second-order valence-electron chi connectivity index (χ2n) is 13.0. The summed E-state index contributed by atoms with van der Waals surface area (Å²) in [5, 5.41) is 3.33. The first-order valence-electron chi connectivity index (χ1n) is 16.8. The number of halogens is 3. The first-order valence-corrected chi connectivity index (χ1v) is 16.8. The van der Waals surface area contributed by atoms with Crippen LogP contribution in [0.4, 0.5) is 13.2 Å². The number of pyridine rings is 3. The summed E-state index contributed by atoms with van der Waals surface area (Å²) in [5.74, 6) is 0. The van der Waals surface area contributed by atoms with Gasteiger partial charge in [0.1, 0.15) is 0 Å². The largest absolute Gasteiger partial charge is 0.399 e. The van der Waals surface area contributed by atoms with Gasteiger partial charge in [-0.15, -0.1) is 101 Å². The molecule has 276 valence electrons. The Morgan fingerprint density at radius 2 is 1.24 bits per heavy atom. The van der Waals surface area contributed by atoms with Crippen molar-refractivity contribution in [2.45, 2.75) is 32.4 Å². The fraction of sp³-hybridized carbons (Fsp3) is 0.109. The molecule has 3 aromatic heterocycles. The monoisotopic (exact) mass is 1070 g/mol. The quantitative estimate of drug-likeness (QED) is 0.166. The van der Waals surface area contributed by atoms with E-state index in [1.54, 1.807) is 12.3 Å². The fourth-order valence-corrected chi connectivity index (χ4v) is 5.45. The van der Waals surface area contributed by atoms with Crippen molar-refractivity contribution < 1.29 is 53.4 Å². The van der Waals surface area contributed by atoms with Crippen LogP contribution in [0.25, 0.3) is 55.4 Å². The Morgan fingerprint density at radius 3 is 1.93 bits per heavy atom. The smallest absolute Gasteiger partial charge is 0.305 e. The molecular formula is C46H35F3Ir2N3-3. The molecule has 8 aromatic rings. The fourth-order valence-electron chi connectivity index (χ4n) is 5.45. The summed E-state index contributed by atoms with van der Waals surface area (Å²) in [7, 11) is 0. The van der Waals surface area contributed by atoms with Gasteiger partial charge in [0.2, 0.25) is 0 Å². The van der Waals surface area contributed by atoms with Crippen LogP contribution < -0.4 is 0 Å². The van der Waals surface area contributed by atoms with Gasteiger partial charge in [0.25, 0.3) is 0 Å². The molecule has 0 atom stereocenters. The number of para-hydroxylation sites is 1. The predicted molar refractivity (Wildman–Crippen MR) is 204 cm³/mol. The van der Waals surface area contributed by atoms with Crippen LogP contribution in [0, 0.1) is 18.2 Å². The summed E-state index contributed by atoms with van der Waals surface area (Å²) in [5.41, 5.74) is 6.42. The van der Waals surface area contributed by atoms with Crippen LogP contribution >= 0.6 is 0 Å². The molecule has 0 fully saturated rings. The van der Waals surface area contributed by atoms with Gasteiger partial charge in [-0.25, -0.2) is 0 Å². The second-order valence-corrected chi connectivity index (χ2v) is 13.0. The molecule has 0 saturated carbocycles. The molecule has 0 spiro atoms. The van der Waals surface area contributed by atoms with E-state index in [0.29, 0.717) is 11.3 Å². The van der Waals surface area contributed by atoms with Gasteiger partial charge in [-0.2, -0.15) is 13.2 Å². The van der Waals surface area contributed by atoms with E-state index in [1.807, 2.05) is 97.2 Å². The zero-order valence-electron chi connectivity index (χ0n) is 29.7. The molecule has 8 heteroatoms. The Kier molecular flexibility index (Phi) is 14.7. The number of alkyl halides is 3. The standard InChI is InChI=1S/C16H9F3N.C15H10N.C15H16N.2Ir/c17-16(18,19)13-6-3-5-12(10-13)15-9-8-11-4-1-2-7-14(11)20-15;1-2-7-13(8-3-1)15-14-9-5-4-6-12(14)10-11-16-15;1-15(2,3)13-9-7-12(8-10-13)14-6-4-5-11-16-14;;/h1-4,6-10H;1-7,9-11H;4-7,9-11H,1-3H3;;/q3*-1;;. The van der Waals surface area contributed by atoms with Crippen molar-refractivity contribution in [1.29, 1.82) is 0 Å². The topological polar surface area (TPSA) is 38.7 Å². The van der Waals surface area contributed by atoms with Crippen molar-refractivity contribution >= 4 is 21.7 Å². The average molecular weight is 1070 g/mol. The van der Waals surface area contributed by atoms with Gasteiger partial charge >= 0.3 is 6.18 Å². The van der Waals surface area contributed by atoms with Crippen LogP contribution in [-0.2, 0) is 51.8 Å². The van der Waals surface area contributed by atoms with Crippen LogP contribution in [0.1, 0.15) is 31.9 Å². The van der Waals surface area contributed by atoms with E-state index < -0.39 is 11.7 Å². The molecule has 0 aliphatic rings. The first kappa shape index (κ1) is 41.9. The predicted octanol–water partition coefficient (Wildman–Crippen LogP) is 12.3. The maximum atomic E-state index is 12.7. The number of aromatic nitrogens is 3. The van der Waals surface area contributed by atoms with E-state index >= 15 is 0 Å². The average Bonchev–Trinajstić information content (AvgIpc) is 3.18. The van der Waals surface area contributed by atoms with Crippen LogP contribution in [0.3, 0.4) is 0 Å². The Labute approximate surface area is 341 Å². The minimum absolute atomic E-state index is 0. The van der Waals surface area contributed by atoms with Crippen molar-refractivity contribution in [1.82, 2.24) is 15.0 Å². The molecule has 0 aliphatic heterocycles. The third kappa shape index (κ3) is 10.9. The zero-order chi connectivity index (χ0) is 36.6. The van der Waals surface area contributed by atoms with E-state index in [1.165, 1.54) is 22.4 Å². The molecule has 2 radical (unpaired) electrons. The van der Waals surface area contributed by atoms with Crippen LogP contribution in [-0.4, -0.2) is 15.0 Å². The number of nitrogens with zero attached hydrogens (tertiary/aromatic N) is 3. The second kappa shape index (κ2) is 19.0. The van der Waals surface area contributed by atoms with Crippen molar-refractivity contribution in [3.05, 3.63) is 187 Å². The molecule has 0 amide bonds. The summed E-state index contributed by atoms with van der Waals surface area (Å²) in [4.78, 5) is 13.1. The number of rotatable bonds is 3. The van der Waals surface area contributed by atoms with Crippen LogP contribution in [0.2, 0.25) is 0 Å². The van der Waals surface area contributed by atoms with Crippen molar-refractivity contribution in [3.8, 4) is 33.8 Å². The molecular weight excluding hydrogens is 1040 g/mol. The first-order chi connectivity index (χ1) is 25.1. The van der Waals surface area contributed by atoms with E-state index in [4.69, 9.17) is 0 Å². The summed E-state index contributed by atoms with van der Waals surface area (Å²) < 4.78 is 38.1. The van der Waals surface area contributed by atoms with Crippen molar-refractivity contribution in [2.75, 3.05) is 0 Å². The Balaban J connectivity index is 0.000000179. The molecule has 0 N–H and O–H groups in total. The molecule has 0 saturated heterocycles. The van der Waals surface area contributed by atoms with Crippen LogP contribution in [0.5, 0.6) is 0 Å². The third-order valence-electron chi connectivity index (χ3n) is 8.26. The van der Waals surface area contributed by atoms with Gasteiger partial charge in [-0.1, -0.05) is 87.5 Å². The maximum Gasteiger partial charge on any atom is 0.399 e. The van der Waals surface area contributed by atoms with Crippen LogP contribution in [0.15, 0.2) is 158 Å². The van der Waals surface area contributed by atoms with Gasteiger partial charge in [-0.05, 0) is 62.4 Å². The van der Waals surface area contributed by atoms with E-state index in [-0.39, 0.29) is 45.6 Å². The maximum absolute atomic E-state index is 12.7. The van der Waals surface area contributed by atoms with Crippen molar-refractivity contribution in [2.24, 2.45) is 0 Å². The molecule has 8 rings (SSSR count). The van der Waals surface area contributed by atoms with E-state index in [9.17, 15) is 13.2 Å². The number of fused-ring (bicyclic) bond motifs is 2. The van der Waals surface area contributed by atoms with E-state index in [0.717, 1.165) is 45.6 Å². The number of hydrogen-bond donors (Lipinski definition) is 0. The minimum Gasteiger partial charge on any atom is -0.305 e. The normalized spacial score (nSPS) is 10.9. The minimum atomic E-state index is -4.36. The Morgan fingerprint density at radius 1 is 0.519 bits per heavy atom. The number of benzene rings is 5. The van der Waals surface area contributed by atoms with Gasteiger partial charge in [-0.3, -0.25) is 4.98 Å². The van der Waals surface area contributed by atoms with Gasteiger partial charge in [0.15, 0.2) is 0 Å². The Hall–Kier alpha value is -4.84. The Bertz CT molecular complexity index is 2370. The summed E-state index contributed by atoms with van der Waals surface area (Å²) in [6.45, 7) is 6.61. The summed E-state index contributed by atoms with van der Waals surface area (Å²) in [6, 6.07) is 54.1. The molecule has 3 heterocycles. The van der Waals surface area contributed by atoms with Gasteiger partial charge in [0, 0.05) is 52.6 Å². The van der Waals surface area contributed by atoms with Gasteiger partial charge < -0.3 is 9.97 Å². The number of hydrogen-bond acceptors (Lipinski definition) is 3. The third-order valence-corrected chi connectivity index (χ3v) is 8.26. The summed E-state index contributed by atoms with van der Waals surface area (Å²) >= 11 is 0. The molecule has 54 heavy (non-hydrogen) atoms. The SMILES string of the molecule is CC(C)(C)c1c[c-]c(-c2ccccn2)cc1.FC(F)(F)c1cc[c-]c(-c2ccc3ccccc3n2)c1.[Ir].[Ir].[c-]1ccccc1-c1nccc2ccccc12.